The summed E-state index contributed by atoms with van der Waals surface area (Å²) < 4.78 is 13.8. The Labute approximate surface area is 150 Å². The van der Waals surface area contributed by atoms with E-state index in [-0.39, 0.29) is 11.2 Å². The van der Waals surface area contributed by atoms with Gasteiger partial charge in [-0.25, -0.2) is 4.39 Å². The number of allylic oxidation sites excluding steroid dienone is 3. The normalized spacial score (nSPS) is 24.2. The van der Waals surface area contributed by atoms with Gasteiger partial charge in [0.25, 0.3) is 0 Å². The minimum Gasteiger partial charge on any atom is -0.300 e. The van der Waals surface area contributed by atoms with Crippen molar-refractivity contribution in [2.24, 2.45) is 5.41 Å². The highest BCUT2D eigenvalue weighted by Crippen LogP contribution is 2.46. The number of halogens is 1. The standard InChI is InChI=1S/C22H28FNO/c1-16-13-17(8-9-21(16)23)19-14-18(24-10-4-5-11-24)15-22(2,3)20(19)7-6-12-25/h6-9,12-13,18H,4-5,10-11,14-15H2,1-3H3/b7-6+. The summed E-state index contributed by atoms with van der Waals surface area (Å²) in [7, 11) is 0. The Balaban J connectivity index is 2.07. The van der Waals surface area contributed by atoms with Gasteiger partial charge in [-0.1, -0.05) is 26.0 Å². The number of carbonyl (C=O) groups is 1. The lowest BCUT2D eigenvalue weighted by Gasteiger charge is -2.42. The predicted molar refractivity (Wildman–Crippen MR) is 101 cm³/mol. The van der Waals surface area contributed by atoms with Crippen LogP contribution in [0.1, 0.15) is 50.7 Å². The van der Waals surface area contributed by atoms with Crippen molar-refractivity contribution in [1.29, 1.82) is 0 Å². The number of likely N-dealkylation sites (tertiary alicyclic amines) is 1. The van der Waals surface area contributed by atoms with E-state index in [0.717, 1.165) is 24.7 Å². The molecule has 0 amide bonds. The first-order valence-electron chi connectivity index (χ1n) is 9.28. The lowest BCUT2D eigenvalue weighted by atomic mass is 9.68. The van der Waals surface area contributed by atoms with E-state index in [2.05, 4.69) is 18.7 Å². The highest BCUT2D eigenvalue weighted by atomic mass is 19.1. The number of hydrogen-bond acceptors (Lipinski definition) is 2. The molecular weight excluding hydrogens is 313 g/mol. The van der Waals surface area contributed by atoms with Gasteiger partial charge in [0, 0.05) is 6.04 Å². The van der Waals surface area contributed by atoms with Crippen LogP contribution in [0.15, 0.2) is 35.9 Å². The fourth-order valence-electron chi connectivity index (χ4n) is 4.46. The fraction of sp³-hybridized carbons (Fsp3) is 0.500. The van der Waals surface area contributed by atoms with Gasteiger partial charge < -0.3 is 4.90 Å². The second kappa shape index (κ2) is 7.25. The number of hydrogen-bond donors (Lipinski definition) is 0. The van der Waals surface area contributed by atoms with E-state index < -0.39 is 0 Å². The maximum absolute atomic E-state index is 13.8. The Morgan fingerprint density at radius 1 is 1.24 bits per heavy atom. The van der Waals surface area contributed by atoms with Crippen LogP contribution in [0.2, 0.25) is 0 Å². The lowest BCUT2D eigenvalue weighted by Crippen LogP contribution is -2.40. The van der Waals surface area contributed by atoms with Gasteiger partial charge >= 0.3 is 0 Å². The molecule has 134 valence electrons. The van der Waals surface area contributed by atoms with Crippen molar-refractivity contribution in [2.45, 2.75) is 52.5 Å². The molecule has 0 N–H and O–H groups in total. The number of aldehydes is 1. The molecule has 1 heterocycles. The molecule has 0 saturated carbocycles. The van der Waals surface area contributed by atoms with Crippen LogP contribution in [0.3, 0.4) is 0 Å². The maximum atomic E-state index is 13.8. The molecule has 1 unspecified atom stereocenters. The molecule has 0 spiro atoms. The molecule has 0 radical (unpaired) electrons. The van der Waals surface area contributed by atoms with Crippen molar-refractivity contribution in [3.05, 3.63) is 52.9 Å². The van der Waals surface area contributed by atoms with Gasteiger partial charge in [-0.2, -0.15) is 0 Å². The average Bonchev–Trinajstić information content (AvgIpc) is 3.09. The third-order valence-corrected chi connectivity index (χ3v) is 5.74. The molecular formula is C22H28FNO. The summed E-state index contributed by atoms with van der Waals surface area (Å²) >= 11 is 0. The first kappa shape index (κ1) is 18.1. The van der Waals surface area contributed by atoms with Gasteiger partial charge in [0.05, 0.1) is 0 Å². The molecule has 2 aliphatic rings. The van der Waals surface area contributed by atoms with Crippen LogP contribution >= 0.6 is 0 Å². The molecule has 3 rings (SSSR count). The number of rotatable bonds is 4. The van der Waals surface area contributed by atoms with Crippen molar-refractivity contribution >= 4 is 11.9 Å². The number of nitrogens with zero attached hydrogens (tertiary/aromatic N) is 1. The molecule has 1 aromatic carbocycles. The highest BCUT2D eigenvalue weighted by molar-refractivity contribution is 5.76. The summed E-state index contributed by atoms with van der Waals surface area (Å²) in [6, 6.07) is 5.91. The van der Waals surface area contributed by atoms with Crippen LogP contribution in [0.4, 0.5) is 4.39 Å². The molecule has 3 heteroatoms. The minimum absolute atomic E-state index is 0.0113. The second-order valence-electron chi connectivity index (χ2n) is 8.04. The van der Waals surface area contributed by atoms with E-state index in [1.807, 2.05) is 25.1 Å². The number of aryl methyl sites for hydroxylation is 1. The van der Waals surface area contributed by atoms with Gasteiger partial charge in [-0.05, 0) is 91.6 Å². The van der Waals surface area contributed by atoms with Crippen molar-refractivity contribution in [3.63, 3.8) is 0 Å². The first-order chi connectivity index (χ1) is 11.9. The molecule has 1 atom stereocenters. The molecule has 1 fully saturated rings. The molecule has 2 nitrogen and oxygen atoms in total. The summed E-state index contributed by atoms with van der Waals surface area (Å²) in [6.45, 7) is 8.68. The van der Waals surface area contributed by atoms with Gasteiger partial charge in [0.2, 0.25) is 0 Å². The first-order valence-corrected chi connectivity index (χ1v) is 9.28. The van der Waals surface area contributed by atoms with E-state index in [4.69, 9.17) is 0 Å². The van der Waals surface area contributed by atoms with E-state index in [0.29, 0.717) is 11.6 Å². The van der Waals surface area contributed by atoms with Gasteiger partial charge in [0.15, 0.2) is 0 Å². The molecule has 1 saturated heterocycles. The Kier molecular flexibility index (Phi) is 5.24. The van der Waals surface area contributed by atoms with Gasteiger partial charge in [0.1, 0.15) is 12.1 Å². The zero-order valence-electron chi connectivity index (χ0n) is 15.5. The number of benzene rings is 1. The monoisotopic (exact) mass is 341 g/mol. The van der Waals surface area contributed by atoms with E-state index in [9.17, 15) is 9.18 Å². The highest BCUT2D eigenvalue weighted by Gasteiger charge is 2.37. The Hall–Kier alpha value is -1.74. The molecule has 1 aromatic rings. The van der Waals surface area contributed by atoms with Crippen molar-refractivity contribution in [1.82, 2.24) is 4.90 Å². The second-order valence-corrected chi connectivity index (χ2v) is 8.04. The third-order valence-electron chi connectivity index (χ3n) is 5.74. The molecule has 0 aromatic heterocycles. The summed E-state index contributed by atoms with van der Waals surface area (Å²) in [6.07, 6.45) is 9.00. The summed E-state index contributed by atoms with van der Waals surface area (Å²) in [5.41, 5.74) is 4.21. The Morgan fingerprint density at radius 2 is 1.96 bits per heavy atom. The van der Waals surface area contributed by atoms with Crippen molar-refractivity contribution < 1.29 is 9.18 Å². The largest absolute Gasteiger partial charge is 0.300 e. The van der Waals surface area contributed by atoms with E-state index in [1.165, 1.54) is 37.1 Å². The van der Waals surface area contributed by atoms with Gasteiger partial charge in [-0.15, -0.1) is 0 Å². The van der Waals surface area contributed by atoms with Crippen LogP contribution < -0.4 is 0 Å². The maximum Gasteiger partial charge on any atom is 0.142 e. The minimum atomic E-state index is -0.166. The molecule has 25 heavy (non-hydrogen) atoms. The SMILES string of the molecule is Cc1cc(C2=C(/C=C/C=O)C(C)(C)CC(N3CCCC3)C2)ccc1F. The van der Waals surface area contributed by atoms with Crippen LogP contribution in [0, 0.1) is 18.2 Å². The van der Waals surface area contributed by atoms with Crippen molar-refractivity contribution in [2.75, 3.05) is 13.1 Å². The molecule has 1 aliphatic heterocycles. The number of carbonyl (C=O) groups excluding carboxylic acids is 1. The quantitative estimate of drug-likeness (QED) is 0.572. The summed E-state index contributed by atoms with van der Waals surface area (Å²) in [4.78, 5) is 13.5. The molecule has 0 bridgehead atoms. The summed E-state index contributed by atoms with van der Waals surface area (Å²) in [5.74, 6) is -0.166. The van der Waals surface area contributed by atoms with E-state index in [1.54, 1.807) is 12.1 Å². The molecule has 1 aliphatic carbocycles. The van der Waals surface area contributed by atoms with Crippen molar-refractivity contribution in [3.8, 4) is 0 Å². The van der Waals surface area contributed by atoms with E-state index >= 15 is 0 Å². The third kappa shape index (κ3) is 3.77. The fourth-order valence-corrected chi connectivity index (χ4v) is 4.46. The van der Waals surface area contributed by atoms with Gasteiger partial charge in [-0.3, -0.25) is 4.79 Å². The zero-order valence-corrected chi connectivity index (χ0v) is 15.5. The smallest absolute Gasteiger partial charge is 0.142 e. The van der Waals surface area contributed by atoms with Crippen LogP contribution in [0.5, 0.6) is 0 Å². The lowest BCUT2D eigenvalue weighted by molar-refractivity contribution is -0.104. The predicted octanol–water partition coefficient (Wildman–Crippen LogP) is 4.93. The topological polar surface area (TPSA) is 20.3 Å². The van der Waals surface area contributed by atoms with Crippen LogP contribution in [-0.2, 0) is 4.79 Å². The van der Waals surface area contributed by atoms with Crippen LogP contribution in [-0.4, -0.2) is 30.3 Å². The summed E-state index contributed by atoms with van der Waals surface area (Å²) in [5, 5.41) is 0. The zero-order chi connectivity index (χ0) is 18.0. The van der Waals surface area contributed by atoms with Crippen LogP contribution in [0.25, 0.3) is 5.57 Å². The average molecular weight is 341 g/mol. The Morgan fingerprint density at radius 3 is 2.60 bits per heavy atom. The Bertz CT molecular complexity index is 711.